The van der Waals surface area contributed by atoms with E-state index in [0.717, 1.165) is 19.3 Å². The largest absolute Gasteiger partial charge is 0.470 e. The maximum atomic E-state index is 9.46. The lowest BCUT2D eigenvalue weighted by atomic mass is 9.77. The molecule has 0 radical (unpaired) electrons. The molecule has 1 aromatic rings. The maximum Gasteiger partial charge on any atom is 0.239 e. The van der Waals surface area contributed by atoms with Crippen molar-refractivity contribution in [1.82, 2.24) is 4.98 Å². The molecule has 1 aromatic heterocycles. The van der Waals surface area contributed by atoms with Gasteiger partial charge >= 0.3 is 0 Å². The van der Waals surface area contributed by atoms with Crippen LogP contribution in [0.25, 0.3) is 0 Å². The van der Waals surface area contributed by atoms with Crippen LogP contribution in [0.1, 0.15) is 40.0 Å². The average molecular weight is 265 g/mol. The highest BCUT2D eigenvalue weighted by Crippen LogP contribution is 2.35. The summed E-state index contributed by atoms with van der Waals surface area (Å²) in [7, 11) is 0. The molecule has 0 unspecified atom stereocenters. The normalized spacial score (nSPS) is 17.7. The van der Waals surface area contributed by atoms with Crippen molar-refractivity contribution in [2.24, 2.45) is 0 Å². The Hall–Kier alpha value is -1.49. The fourth-order valence-corrected chi connectivity index (χ4v) is 2.09. The summed E-state index contributed by atoms with van der Waals surface area (Å²) in [5.74, 6) is 1.13. The molecule has 0 spiro atoms. The number of aromatic nitrogens is 1. The van der Waals surface area contributed by atoms with Gasteiger partial charge in [0.25, 0.3) is 0 Å². The van der Waals surface area contributed by atoms with Crippen molar-refractivity contribution < 1.29 is 9.84 Å². The van der Waals surface area contributed by atoms with Gasteiger partial charge in [-0.1, -0.05) is 0 Å². The van der Waals surface area contributed by atoms with Crippen LogP contribution in [0.5, 0.6) is 5.88 Å². The molecule has 4 N–H and O–H groups in total. The molecule has 2 rings (SSSR count). The molecule has 0 aromatic carbocycles. The molecule has 1 fully saturated rings. The van der Waals surface area contributed by atoms with Crippen LogP contribution in [0.3, 0.4) is 0 Å². The predicted octanol–water partition coefficient (Wildman–Crippen LogP) is 2.17. The van der Waals surface area contributed by atoms with Crippen LogP contribution in [0.2, 0.25) is 0 Å². The minimum absolute atomic E-state index is 0.120. The molecule has 0 amide bonds. The Morgan fingerprint density at radius 3 is 2.58 bits per heavy atom. The summed E-state index contributed by atoms with van der Waals surface area (Å²) >= 11 is 0. The van der Waals surface area contributed by atoms with E-state index in [2.05, 4.69) is 10.3 Å². The van der Waals surface area contributed by atoms with Gasteiger partial charge in [0.15, 0.2) is 0 Å². The summed E-state index contributed by atoms with van der Waals surface area (Å²) in [4.78, 5) is 4.40. The van der Waals surface area contributed by atoms with Crippen molar-refractivity contribution in [1.29, 1.82) is 0 Å². The number of hydrogen-bond donors (Lipinski definition) is 3. The zero-order chi connectivity index (χ0) is 14.1. The van der Waals surface area contributed by atoms with E-state index < -0.39 is 0 Å². The number of nitrogens with zero attached hydrogens (tertiary/aromatic N) is 1. The van der Waals surface area contributed by atoms with Crippen molar-refractivity contribution >= 4 is 11.5 Å². The van der Waals surface area contributed by atoms with Gasteiger partial charge in [-0.3, -0.25) is 0 Å². The van der Waals surface area contributed by atoms with E-state index in [9.17, 15) is 5.11 Å². The molecule has 0 atom stereocenters. The lowest BCUT2D eigenvalue weighted by Crippen LogP contribution is -2.48. The minimum Gasteiger partial charge on any atom is -0.470 e. The molecule has 5 heteroatoms. The summed E-state index contributed by atoms with van der Waals surface area (Å²) in [5.41, 5.74) is 5.83. The number of pyridine rings is 1. The van der Waals surface area contributed by atoms with Gasteiger partial charge in [0.2, 0.25) is 5.88 Å². The third kappa shape index (κ3) is 3.29. The van der Waals surface area contributed by atoms with Gasteiger partial charge in [0.05, 0.1) is 17.8 Å². The molecule has 1 aliphatic rings. The van der Waals surface area contributed by atoms with E-state index in [1.54, 1.807) is 6.07 Å². The van der Waals surface area contributed by atoms with Crippen LogP contribution in [0, 0.1) is 0 Å². The Morgan fingerprint density at radius 2 is 2.11 bits per heavy atom. The van der Waals surface area contributed by atoms with Crippen molar-refractivity contribution in [2.75, 3.05) is 17.7 Å². The van der Waals surface area contributed by atoms with Gasteiger partial charge in [-0.25, -0.2) is 0 Å². The fraction of sp³-hybridized carbons (Fsp3) is 0.643. The van der Waals surface area contributed by atoms with Crippen LogP contribution in [0.15, 0.2) is 12.1 Å². The smallest absolute Gasteiger partial charge is 0.239 e. The Balaban J connectivity index is 2.16. The first-order chi connectivity index (χ1) is 8.84. The number of aliphatic hydroxyl groups excluding tert-OH is 1. The van der Waals surface area contributed by atoms with E-state index in [1.807, 2.05) is 26.8 Å². The Morgan fingerprint density at radius 1 is 1.42 bits per heavy atom. The number of aliphatic hydroxyl groups is 1. The topological polar surface area (TPSA) is 80.4 Å². The molecular formula is C14H23N3O2. The van der Waals surface area contributed by atoms with Gasteiger partial charge < -0.3 is 20.9 Å². The quantitative estimate of drug-likeness (QED) is 0.777. The van der Waals surface area contributed by atoms with Gasteiger partial charge in [0.1, 0.15) is 11.4 Å². The first-order valence-electron chi connectivity index (χ1n) is 6.68. The third-order valence-corrected chi connectivity index (χ3v) is 3.30. The third-order valence-electron chi connectivity index (χ3n) is 3.30. The van der Waals surface area contributed by atoms with Crippen LogP contribution >= 0.6 is 0 Å². The summed E-state index contributed by atoms with van der Waals surface area (Å²) < 4.78 is 5.73. The highest BCUT2D eigenvalue weighted by molar-refractivity contribution is 5.54. The van der Waals surface area contributed by atoms with Crippen LogP contribution in [-0.2, 0) is 0 Å². The molecule has 0 bridgehead atoms. The molecule has 0 aliphatic heterocycles. The second kappa shape index (κ2) is 4.89. The van der Waals surface area contributed by atoms with E-state index in [0.29, 0.717) is 17.4 Å². The fourth-order valence-electron chi connectivity index (χ4n) is 2.09. The van der Waals surface area contributed by atoms with E-state index in [1.165, 1.54) is 0 Å². The maximum absolute atomic E-state index is 9.46. The first kappa shape index (κ1) is 13.9. The number of hydrogen-bond acceptors (Lipinski definition) is 5. The van der Waals surface area contributed by atoms with Crippen molar-refractivity contribution in [3.05, 3.63) is 12.1 Å². The Labute approximate surface area is 114 Å². The Bertz CT molecular complexity index is 445. The summed E-state index contributed by atoms with van der Waals surface area (Å²) in [6, 6.07) is 3.60. The first-order valence-corrected chi connectivity index (χ1v) is 6.68. The second-order valence-corrected chi connectivity index (χ2v) is 6.22. The number of ether oxygens (including phenoxy) is 1. The lowest BCUT2D eigenvalue weighted by molar-refractivity contribution is 0.124. The Kier molecular flexibility index (Phi) is 3.58. The zero-order valence-corrected chi connectivity index (χ0v) is 11.9. The highest BCUT2D eigenvalue weighted by Gasteiger charge is 2.36. The van der Waals surface area contributed by atoms with Gasteiger partial charge in [-0.2, -0.15) is 4.98 Å². The van der Waals surface area contributed by atoms with E-state index in [-0.39, 0.29) is 17.7 Å². The molecule has 19 heavy (non-hydrogen) atoms. The standard InChI is InChI=1S/C14H23N3O2/c1-13(2,3)19-12-10(15)5-6-11(16-12)17-14(9-18)7-4-8-14/h5-6,18H,4,7-9,15H2,1-3H3,(H,16,17). The SMILES string of the molecule is CC(C)(C)Oc1nc(NC2(CO)CCC2)ccc1N. The van der Waals surface area contributed by atoms with Crippen molar-refractivity contribution in [2.45, 2.75) is 51.2 Å². The number of nitrogens with two attached hydrogens (primary N) is 1. The van der Waals surface area contributed by atoms with E-state index in [4.69, 9.17) is 10.5 Å². The highest BCUT2D eigenvalue weighted by atomic mass is 16.5. The monoisotopic (exact) mass is 265 g/mol. The van der Waals surface area contributed by atoms with Crippen molar-refractivity contribution in [3.8, 4) is 5.88 Å². The number of rotatable bonds is 4. The molecular weight excluding hydrogens is 242 g/mol. The summed E-state index contributed by atoms with van der Waals surface area (Å²) in [6.45, 7) is 5.98. The molecule has 1 heterocycles. The van der Waals surface area contributed by atoms with Crippen LogP contribution in [-0.4, -0.2) is 27.8 Å². The molecule has 1 saturated carbocycles. The summed E-state index contributed by atoms with van der Waals surface area (Å²) in [6.07, 6.45) is 3.06. The van der Waals surface area contributed by atoms with Crippen LogP contribution < -0.4 is 15.8 Å². The average Bonchev–Trinajstić information content (AvgIpc) is 2.26. The van der Waals surface area contributed by atoms with Gasteiger partial charge in [0, 0.05) is 0 Å². The zero-order valence-electron chi connectivity index (χ0n) is 11.9. The van der Waals surface area contributed by atoms with Crippen LogP contribution in [0.4, 0.5) is 11.5 Å². The van der Waals surface area contributed by atoms with Crippen molar-refractivity contribution in [3.63, 3.8) is 0 Å². The summed E-state index contributed by atoms with van der Waals surface area (Å²) in [5, 5.41) is 12.8. The second-order valence-electron chi connectivity index (χ2n) is 6.22. The lowest BCUT2D eigenvalue weighted by Gasteiger charge is -2.41. The predicted molar refractivity (Wildman–Crippen MR) is 76.3 cm³/mol. The number of nitrogens with one attached hydrogen (secondary N) is 1. The number of anilines is 2. The number of nitrogen functional groups attached to an aromatic ring is 1. The molecule has 5 nitrogen and oxygen atoms in total. The van der Waals surface area contributed by atoms with Gasteiger partial charge in [-0.05, 0) is 52.2 Å². The minimum atomic E-state index is -0.342. The van der Waals surface area contributed by atoms with E-state index >= 15 is 0 Å². The molecule has 106 valence electrons. The molecule has 0 saturated heterocycles. The van der Waals surface area contributed by atoms with Gasteiger partial charge in [-0.15, -0.1) is 0 Å². The molecule has 1 aliphatic carbocycles.